The number of nitrogens with zero attached hydrogens (tertiary/aromatic N) is 1. The lowest BCUT2D eigenvalue weighted by atomic mass is 10.2. The standard InChI is InChI=1S/C21H20ClNO3S/c1-16-6-12-21(13-7-16)27(24,25)23(19-10-8-18(22)9-11-19)15-17-4-3-5-20(14-17)26-2/h3-14H,15H2,1-2H3. The van der Waals surface area contributed by atoms with Gasteiger partial charge >= 0.3 is 0 Å². The van der Waals surface area contributed by atoms with Crippen LogP contribution in [0.15, 0.2) is 77.7 Å². The van der Waals surface area contributed by atoms with Crippen molar-refractivity contribution in [1.82, 2.24) is 0 Å². The third-order valence-electron chi connectivity index (χ3n) is 4.18. The second-order valence-electron chi connectivity index (χ2n) is 6.15. The van der Waals surface area contributed by atoms with Gasteiger partial charge in [0, 0.05) is 5.02 Å². The SMILES string of the molecule is COc1cccc(CN(c2ccc(Cl)cc2)S(=O)(=O)c2ccc(C)cc2)c1. The summed E-state index contributed by atoms with van der Waals surface area (Å²) in [6, 6.07) is 21.0. The number of halogens is 1. The predicted octanol–water partition coefficient (Wildman–Crippen LogP) is 5.05. The highest BCUT2D eigenvalue weighted by molar-refractivity contribution is 7.92. The minimum atomic E-state index is -3.75. The minimum Gasteiger partial charge on any atom is -0.497 e. The highest BCUT2D eigenvalue weighted by Crippen LogP contribution is 2.28. The van der Waals surface area contributed by atoms with Crippen molar-refractivity contribution in [2.75, 3.05) is 11.4 Å². The number of hydrogen-bond donors (Lipinski definition) is 0. The van der Waals surface area contributed by atoms with Crippen molar-refractivity contribution < 1.29 is 13.2 Å². The van der Waals surface area contributed by atoms with Gasteiger partial charge in [0.25, 0.3) is 10.0 Å². The second-order valence-corrected chi connectivity index (χ2v) is 8.45. The quantitative estimate of drug-likeness (QED) is 0.580. The third-order valence-corrected chi connectivity index (χ3v) is 6.22. The first-order valence-electron chi connectivity index (χ1n) is 8.38. The summed E-state index contributed by atoms with van der Waals surface area (Å²) in [4.78, 5) is 0.242. The van der Waals surface area contributed by atoms with E-state index in [1.54, 1.807) is 55.6 Å². The van der Waals surface area contributed by atoms with Crippen LogP contribution in [0.25, 0.3) is 0 Å². The van der Waals surface area contributed by atoms with E-state index in [2.05, 4.69) is 0 Å². The van der Waals surface area contributed by atoms with Crippen molar-refractivity contribution in [1.29, 1.82) is 0 Å². The Morgan fingerprint density at radius 2 is 1.63 bits per heavy atom. The first kappa shape index (κ1) is 19.3. The largest absolute Gasteiger partial charge is 0.497 e. The van der Waals surface area contributed by atoms with Crippen LogP contribution < -0.4 is 9.04 Å². The Bertz CT molecular complexity index is 1020. The highest BCUT2D eigenvalue weighted by Gasteiger charge is 2.25. The Kier molecular flexibility index (Phi) is 5.73. The Labute approximate surface area is 165 Å². The van der Waals surface area contributed by atoms with E-state index in [0.717, 1.165) is 11.1 Å². The summed E-state index contributed by atoms with van der Waals surface area (Å²) in [6.45, 7) is 2.10. The molecule has 0 aromatic heterocycles. The molecule has 0 atom stereocenters. The lowest BCUT2D eigenvalue weighted by molar-refractivity contribution is 0.414. The van der Waals surface area contributed by atoms with E-state index in [-0.39, 0.29) is 11.4 Å². The number of methoxy groups -OCH3 is 1. The summed E-state index contributed by atoms with van der Waals surface area (Å²) in [5, 5.41) is 0.549. The Morgan fingerprint density at radius 1 is 0.963 bits per heavy atom. The summed E-state index contributed by atoms with van der Waals surface area (Å²) in [5.41, 5.74) is 2.36. The van der Waals surface area contributed by atoms with Crippen LogP contribution >= 0.6 is 11.6 Å². The maximum absolute atomic E-state index is 13.3. The van der Waals surface area contributed by atoms with E-state index in [9.17, 15) is 8.42 Å². The zero-order valence-corrected chi connectivity index (χ0v) is 16.7. The zero-order chi connectivity index (χ0) is 19.4. The molecule has 0 aliphatic rings. The summed E-state index contributed by atoms with van der Waals surface area (Å²) < 4.78 is 33.3. The molecule has 0 aliphatic carbocycles. The van der Waals surface area contributed by atoms with Gasteiger partial charge in [-0.05, 0) is 61.0 Å². The zero-order valence-electron chi connectivity index (χ0n) is 15.1. The maximum atomic E-state index is 13.3. The molecule has 0 amide bonds. The number of ether oxygens (including phenoxy) is 1. The van der Waals surface area contributed by atoms with Gasteiger partial charge in [-0.2, -0.15) is 0 Å². The third kappa shape index (κ3) is 4.43. The molecule has 3 aromatic carbocycles. The normalized spacial score (nSPS) is 11.2. The molecule has 0 fully saturated rings. The van der Waals surface area contributed by atoms with Crippen molar-refractivity contribution in [2.45, 2.75) is 18.4 Å². The van der Waals surface area contributed by atoms with E-state index in [1.807, 2.05) is 31.2 Å². The van der Waals surface area contributed by atoms with Crippen LogP contribution in [0.2, 0.25) is 5.02 Å². The van der Waals surface area contributed by atoms with E-state index in [4.69, 9.17) is 16.3 Å². The summed E-state index contributed by atoms with van der Waals surface area (Å²) in [6.07, 6.45) is 0. The number of anilines is 1. The first-order valence-corrected chi connectivity index (χ1v) is 10.2. The van der Waals surface area contributed by atoms with Crippen LogP contribution in [-0.4, -0.2) is 15.5 Å². The predicted molar refractivity (Wildman–Crippen MR) is 109 cm³/mol. The van der Waals surface area contributed by atoms with Crippen molar-refractivity contribution in [3.8, 4) is 5.75 Å². The van der Waals surface area contributed by atoms with Crippen molar-refractivity contribution in [2.24, 2.45) is 0 Å². The Morgan fingerprint density at radius 3 is 2.26 bits per heavy atom. The molecule has 27 heavy (non-hydrogen) atoms. The van der Waals surface area contributed by atoms with Crippen molar-refractivity contribution in [3.63, 3.8) is 0 Å². The number of rotatable bonds is 6. The summed E-state index contributed by atoms with van der Waals surface area (Å²) in [7, 11) is -2.17. The molecule has 0 radical (unpaired) electrons. The van der Waals surface area contributed by atoms with Crippen LogP contribution in [0.5, 0.6) is 5.75 Å². The molecule has 0 saturated carbocycles. The molecular weight excluding hydrogens is 382 g/mol. The minimum absolute atomic E-state index is 0.176. The molecule has 3 aromatic rings. The van der Waals surface area contributed by atoms with E-state index in [0.29, 0.717) is 16.5 Å². The van der Waals surface area contributed by atoms with Crippen LogP contribution in [0.3, 0.4) is 0 Å². The van der Waals surface area contributed by atoms with Crippen molar-refractivity contribution in [3.05, 3.63) is 88.9 Å². The van der Waals surface area contributed by atoms with Gasteiger partial charge in [-0.15, -0.1) is 0 Å². The van der Waals surface area contributed by atoms with Gasteiger partial charge in [0.2, 0.25) is 0 Å². The topological polar surface area (TPSA) is 46.6 Å². The molecule has 6 heteroatoms. The number of sulfonamides is 1. The van der Waals surface area contributed by atoms with Crippen LogP contribution in [0, 0.1) is 6.92 Å². The Hall–Kier alpha value is -2.50. The molecule has 140 valence electrons. The van der Waals surface area contributed by atoms with Crippen molar-refractivity contribution >= 4 is 27.3 Å². The molecule has 0 saturated heterocycles. The molecule has 0 heterocycles. The van der Waals surface area contributed by atoms with Gasteiger partial charge in [0.05, 0.1) is 24.2 Å². The monoisotopic (exact) mass is 401 g/mol. The second kappa shape index (κ2) is 8.03. The number of benzene rings is 3. The first-order chi connectivity index (χ1) is 12.9. The average molecular weight is 402 g/mol. The number of aryl methyl sites for hydroxylation is 1. The van der Waals surface area contributed by atoms with E-state index >= 15 is 0 Å². The van der Waals surface area contributed by atoms with Gasteiger partial charge in [-0.3, -0.25) is 4.31 Å². The fourth-order valence-electron chi connectivity index (χ4n) is 2.70. The van der Waals surface area contributed by atoms with Gasteiger partial charge in [0.15, 0.2) is 0 Å². The fraction of sp³-hybridized carbons (Fsp3) is 0.143. The fourth-order valence-corrected chi connectivity index (χ4v) is 4.28. The average Bonchev–Trinajstić information content (AvgIpc) is 2.67. The van der Waals surface area contributed by atoms with Gasteiger partial charge in [0.1, 0.15) is 5.75 Å². The van der Waals surface area contributed by atoms with Crippen LogP contribution in [0.1, 0.15) is 11.1 Å². The van der Waals surface area contributed by atoms with Crippen LogP contribution in [0.4, 0.5) is 5.69 Å². The lowest BCUT2D eigenvalue weighted by Crippen LogP contribution is -2.30. The lowest BCUT2D eigenvalue weighted by Gasteiger charge is -2.25. The molecular formula is C21H20ClNO3S. The van der Waals surface area contributed by atoms with Gasteiger partial charge in [-0.1, -0.05) is 41.4 Å². The summed E-state index contributed by atoms with van der Waals surface area (Å²) >= 11 is 5.98. The van der Waals surface area contributed by atoms with Gasteiger partial charge in [-0.25, -0.2) is 8.42 Å². The molecule has 0 bridgehead atoms. The molecule has 0 spiro atoms. The van der Waals surface area contributed by atoms with Crippen LogP contribution in [-0.2, 0) is 16.6 Å². The molecule has 0 N–H and O–H groups in total. The molecule has 4 nitrogen and oxygen atoms in total. The summed E-state index contributed by atoms with van der Waals surface area (Å²) in [5.74, 6) is 0.677. The Balaban J connectivity index is 2.06. The molecule has 0 unspecified atom stereocenters. The maximum Gasteiger partial charge on any atom is 0.264 e. The van der Waals surface area contributed by atoms with Gasteiger partial charge < -0.3 is 4.74 Å². The number of hydrogen-bond acceptors (Lipinski definition) is 3. The van der Waals surface area contributed by atoms with E-state index in [1.165, 1.54) is 4.31 Å². The molecule has 0 aliphatic heterocycles. The van der Waals surface area contributed by atoms with E-state index < -0.39 is 10.0 Å². The highest BCUT2D eigenvalue weighted by atomic mass is 35.5. The molecule has 3 rings (SSSR count). The smallest absolute Gasteiger partial charge is 0.264 e.